The smallest absolute Gasteiger partial charge is 0.216 e. The molecule has 0 unspecified atom stereocenters. The lowest BCUT2D eigenvalue weighted by Gasteiger charge is -2.06. The highest BCUT2D eigenvalue weighted by atomic mass is 79.9. The van der Waals surface area contributed by atoms with Crippen LogP contribution in [0.1, 0.15) is 23.9 Å². The van der Waals surface area contributed by atoms with Crippen LogP contribution in [0, 0.1) is 4.77 Å². The molecule has 3 rings (SSSR count). The number of nitrogens with one attached hydrogen (secondary N) is 1. The van der Waals surface area contributed by atoms with Crippen LogP contribution in [0.4, 0.5) is 0 Å². The molecule has 0 bridgehead atoms. The Balaban J connectivity index is 1.64. The summed E-state index contributed by atoms with van der Waals surface area (Å²) in [4.78, 5) is 0. The highest BCUT2D eigenvalue weighted by molar-refractivity contribution is 9.10. The molecule has 0 amide bonds. The highest BCUT2D eigenvalue weighted by Crippen LogP contribution is 2.15. The molecule has 0 saturated carbocycles. The number of nitrogens with zero attached hydrogens (tertiary/aromatic N) is 3. The summed E-state index contributed by atoms with van der Waals surface area (Å²) in [6, 6.07) is 15.8. The van der Waals surface area contributed by atoms with Crippen LogP contribution in [0.25, 0.3) is 0 Å². The van der Waals surface area contributed by atoms with E-state index in [1.807, 2.05) is 55.5 Å². The van der Waals surface area contributed by atoms with Gasteiger partial charge in [0, 0.05) is 10.9 Å². The largest absolute Gasteiger partial charge is 0.489 e. The number of aromatic nitrogens is 3. The topological polar surface area (TPSA) is 55.2 Å². The number of aryl methyl sites for hydroxylation is 1. The predicted molar refractivity (Wildman–Crippen MR) is 105 cm³/mol. The van der Waals surface area contributed by atoms with Crippen LogP contribution in [-0.2, 0) is 13.0 Å². The zero-order valence-electron chi connectivity index (χ0n) is 13.6. The maximum Gasteiger partial charge on any atom is 0.216 e. The van der Waals surface area contributed by atoms with E-state index in [1.54, 1.807) is 10.9 Å². The molecule has 128 valence electrons. The van der Waals surface area contributed by atoms with Gasteiger partial charge < -0.3 is 4.74 Å². The number of halogens is 1. The van der Waals surface area contributed by atoms with E-state index in [0.717, 1.165) is 33.6 Å². The zero-order valence-corrected chi connectivity index (χ0v) is 16.0. The van der Waals surface area contributed by atoms with Crippen LogP contribution in [0.5, 0.6) is 5.75 Å². The normalized spacial score (nSPS) is 11.1. The monoisotopic (exact) mass is 416 g/mol. The summed E-state index contributed by atoms with van der Waals surface area (Å²) < 4.78 is 8.98. The molecule has 25 heavy (non-hydrogen) atoms. The Labute approximate surface area is 159 Å². The molecule has 0 aliphatic heterocycles. The van der Waals surface area contributed by atoms with Crippen LogP contribution < -0.4 is 4.74 Å². The Morgan fingerprint density at radius 3 is 2.60 bits per heavy atom. The lowest BCUT2D eigenvalue weighted by atomic mass is 10.2. The Hall–Kier alpha value is -2.25. The lowest BCUT2D eigenvalue weighted by molar-refractivity contribution is 0.306. The molecule has 5 nitrogen and oxygen atoms in total. The maximum atomic E-state index is 5.80. The molecular formula is C18H17BrN4OS. The summed E-state index contributed by atoms with van der Waals surface area (Å²) in [5.74, 6) is 1.62. The fourth-order valence-electron chi connectivity index (χ4n) is 2.19. The number of hydrogen-bond acceptors (Lipinski definition) is 4. The first-order valence-electron chi connectivity index (χ1n) is 7.83. The number of H-pyrrole nitrogens is 1. The lowest BCUT2D eigenvalue weighted by Crippen LogP contribution is -1.98. The summed E-state index contributed by atoms with van der Waals surface area (Å²) in [6.07, 6.45) is 2.51. The van der Waals surface area contributed by atoms with Gasteiger partial charge in [0.1, 0.15) is 12.4 Å². The van der Waals surface area contributed by atoms with E-state index in [1.165, 1.54) is 0 Å². The Kier molecular flexibility index (Phi) is 5.78. The molecule has 1 aromatic heterocycles. The van der Waals surface area contributed by atoms with Crippen LogP contribution in [-0.4, -0.2) is 21.1 Å². The summed E-state index contributed by atoms with van der Waals surface area (Å²) in [5, 5.41) is 11.3. The zero-order chi connectivity index (χ0) is 17.6. The van der Waals surface area contributed by atoms with Crippen LogP contribution in [0.15, 0.2) is 58.1 Å². The molecule has 0 aliphatic rings. The second-order valence-electron chi connectivity index (χ2n) is 5.34. The van der Waals surface area contributed by atoms with E-state index >= 15 is 0 Å². The summed E-state index contributed by atoms with van der Waals surface area (Å²) >= 11 is 8.60. The van der Waals surface area contributed by atoms with E-state index in [0.29, 0.717) is 11.4 Å². The van der Waals surface area contributed by atoms with E-state index in [2.05, 4.69) is 31.2 Å². The van der Waals surface area contributed by atoms with Gasteiger partial charge in [-0.3, -0.25) is 5.10 Å². The second kappa shape index (κ2) is 8.22. The first-order chi connectivity index (χ1) is 12.2. The average Bonchev–Trinajstić information content (AvgIpc) is 3.00. The van der Waals surface area contributed by atoms with Crippen molar-refractivity contribution in [1.82, 2.24) is 14.9 Å². The second-order valence-corrected chi connectivity index (χ2v) is 6.64. The Morgan fingerprint density at radius 1 is 1.20 bits per heavy atom. The molecule has 0 saturated heterocycles. The average molecular weight is 417 g/mol. The molecule has 0 aliphatic carbocycles. The van der Waals surface area contributed by atoms with Crippen molar-refractivity contribution < 1.29 is 4.74 Å². The number of ether oxygens (including phenoxy) is 1. The van der Waals surface area contributed by atoms with Gasteiger partial charge in [0.15, 0.2) is 5.82 Å². The van der Waals surface area contributed by atoms with E-state index in [-0.39, 0.29) is 0 Å². The van der Waals surface area contributed by atoms with Crippen LogP contribution in [0.3, 0.4) is 0 Å². The summed E-state index contributed by atoms with van der Waals surface area (Å²) in [5.41, 5.74) is 2.08. The standard InChI is InChI=1S/C18H17BrN4OS/c1-2-17-21-22-18(25)23(17)20-11-13-5-9-16(10-6-13)24-12-14-3-7-15(19)8-4-14/h3-11H,2,12H2,1H3,(H,22,25)/b20-11-. The van der Waals surface area contributed by atoms with Gasteiger partial charge in [0.25, 0.3) is 0 Å². The maximum absolute atomic E-state index is 5.80. The van der Waals surface area contributed by atoms with Crippen molar-refractivity contribution in [3.63, 3.8) is 0 Å². The predicted octanol–water partition coefficient (Wildman–Crippen LogP) is 4.73. The minimum absolute atomic E-state index is 0.488. The molecule has 0 fully saturated rings. The van der Waals surface area contributed by atoms with Gasteiger partial charge in [-0.1, -0.05) is 35.0 Å². The minimum Gasteiger partial charge on any atom is -0.489 e. The van der Waals surface area contributed by atoms with E-state index < -0.39 is 0 Å². The summed E-state index contributed by atoms with van der Waals surface area (Å²) in [6.45, 7) is 2.54. The molecule has 0 radical (unpaired) electrons. The van der Waals surface area contributed by atoms with E-state index in [9.17, 15) is 0 Å². The van der Waals surface area contributed by atoms with E-state index in [4.69, 9.17) is 17.0 Å². The molecule has 0 atom stereocenters. The van der Waals surface area contributed by atoms with Gasteiger partial charge in [-0.25, -0.2) is 0 Å². The van der Waals surface area contributed by atoms with Crippen LogP contribution in [0.2, 0.25) is 0 Å². The van der Waals surface area contributed by atoms with Gasteiger partial charge >= 0.3 is 0 Å². The summed E-state index contributed by atoms with van der Waals surface area (Å²) in [7, 11) is 0. The quantitative estimate of drug-likeness (QED) is 0.466. The van der Waals surface area contributed by atoms with Gasteiger partial charge in [-0.2, -0.15) is 14.9 Å². The van der Waals surface area contributed by atoms with Crippen molar-refractivity contribution in [3.05, 3.63) is 74.7 Å². The molecule has 1 heterocycles. The van der Waals surface area contributed by atoms with Crippen molar-refractivity contribution in [1.29, 1.82) is 0 Å². The molecule has 3 aromatic rings. The first kappa shape index (κ1) is 17.6. The molecular weight excluding hydrogens is 400 g/mol. The molecule has 0 spiro atoms. The van der Waals surface area contributed by atoms with Gasteiger partial charge in [0.2, 0.25) is 4.77 Å². The van der Waals surface area contributed by atoms with Gasteiger partial charge in [0.05, 0.1) is 6.21 Å². The molecule has 2 aromatic carbocycles. The van der Waals surface area contributed by atoms with Gasteiger partial charge in [-0.05, 0) is 59.7 Å². The van der Waals surface area contributed by atoms with Crippen molar-refractivity contribution in [3.8, 4) is 5.75 Å². The number of rotatable bonds is 6. The first-order valence-corrected chi connectivity index (χ1v) is 9.04. The molecule has 1 N–H and O–H groups in total. The Morgan fingerprint density at radius 2 is 1.92 bits per heavy atom. The van der Waals surface area contributed by atoms with Gasteiger partial charge in [-0.15, -0.1) is 0 Å². The van der Waals surface area contributed by atoms with Crippen molar-refractivity contribution in [2.45, 2.75) is 20.0 Å². The SMILES string of the molecule is CCc1n[nH]c(=S)n1/N=C\c1ccc(OCc2ccc(Br)cc2)cc1. The fraction of sp³-hybridized carbons (Fsp3) is 0.167. The van der Waals surface area contributed by atoms with Crippen LogP contribution >= 0.6 is 28.1 Å². The molecule has 7 heteroatoms. The van der Waals surface area contributed by atoms with Crippen molar-refractivity contribution >= 4 is 34.4 Å². The number of aromatic amines is 1. The van der Waals surface area contributed by atoms with Crippen molar-refractivity contribution in [2.75, 3.05) is 0 Å². The number of hydrogen-bond donors (Lipinski definition) is 1. The third-order valence-corrected chi connectivity index (χ3v) is 4.35. The van der Waals surface area contributed by atoms with Crippen molar-refractivity contribution in [2.24, 2.45) is 5.10 Å². The number of benzene rings is 2. The third kappa shape index (κ3) is 4.64. The minimum atomic E-state index is 0.488. The highest BCUT2D eigenvalue weighted by Gasteiger charge is 2.01. The Bertz CT molecular complexity index is 913. The fourth-order valence-corrected chi connectivity index (χ4v) is 2.66. The third-order valence-electron chi connectivity index (χ3n) is 3.55.